The summed E-state index contributed by atoms with van der Waals surface area (Å²) in [6.07, 6.45) is 0. The van der Waals surface area contributed by atoms with Crippen LogP contribution in [0.3, 0.4) is 0 Å². The molecule has 4 nitrogen and oxygen atoms in total. The average molecular weight is 630 g/mol. The van der Waals surface area contributed by atoms with Crippen LogP contribution in [0, 0.1) is 22.7 Å². The second-order valence-electron chi connectivity index (χ2n) is 11.8. The molecule has 0 saturated heterocycles. The molecule has 232 valence electrons. The van der Waals surface area contributed by atoms with Crippen molar-refractivity contribution >= 4 is 5.69 Å². The summed E-state index contributed by atoms with van der Waals surface area (Å²) in [7, 11) is 0. The van der Waals surface area contributed by atoms with Crippen molar-refractivity contribution in [2.75, 3.05) is 5.73 Å². The number of nitriles is 2. The Balaban J connectivity index is 1.21. The molecule has 49 heavy (non-hydrogen) atoms. The molecule has 0 heterocycles. The van der Waals surface area contributed by atoms with Gasteiger partial charge in [-0.05, 0) is 92.0 Å². The Labute approximate surface area is 286 Å². The van der Waals surface area contributed by atoms with Gasteiger partial charge in [0.1, 0.15) is 12.4 Å². The lowest BCUT2D eigenvalue weighted by Crippen LogP contribution is -2.01. The summed E-state index contributed by atoms with van der Waals surface area (Å²) in [6.45, 7) is 0.372. The highest BCUT2D eigenvalue weighted by Gasteiger charge is 2.14. The van der Waals surface area contributed by atoms with Crippen molar-refractivity contribution in [2.24, 2.45) is 0 Å². The summed E-state index contributed by atoms with van der Waals surface area (Å²) in [6, 6.07) is 59.1. The first-order valence-electron chi connectivity index (χ1n) is 16.0. The van der Waals surface area contributed by atoms with Gasteiger partial charge in [-0.25, -0.2) is 0 Å². The number of ether oxygens (including phenoxy) is 1. The summed E-state index contributed by atoms with van der Waals surface area (Å²) in [5, 5.41) is 18.3. The van der Waals surface area contributed by atoms with E-state index in [1.807, 2.05) is 72.8 Å². The van der Waals surface area contributed by atoms with Gasteiger partial charge in [-0.3, -0.25) is 0 Å². The second-order valence-corrected chi connectivity index (χ2v) is 11.8. The SMILES string of the molecule is N#Cc1ccc(-c2ccc(-c3cc(OCc4ccc(-c5ccccc5)cc4)c(N)c(-c4ccc(-c5ccc(C#N)cc5)cc4)c3)cc2)cc1. The van der Waals surface area contributed by atoms with E-state index in [9.17, 15) is 5.26 Å². The minimum atomic E-state index is 0.372. The molecule has 0 aliphatic carbocycles. The van der Waals surface area contributed by atoms with Gasteiger partial charge >= 0.3 is 0 Å². The molecule has 0 atom stereocenters. The number of hydrogen-bond acceptors (Lipinski definition) is 4. The van der Waals surface area contributed by atoms with Crippen molar-refractivity contribution in [3.63, 3.8) is 0 Å². The molecular formula is C45H31N3O. The van der Waals surface area contributed by atoms with Gasteiger partial charge in [0, 0.05) is 5.56 Å². The Hall–Kier alpha value is -6.88. The topological polar surface area (TPSA) is 82.8 Å². The van der Waals surface area contributed by atoms with Crippen molar-refractivity contribution in [2.45, 2.75) is 6.61 Å². The van der Waals surface area contributed by atoms with Gasteiger partial charge in [-0.2, -0.15) is 10.5 Å². The van der Waals surface area contributed by atoms with Crippen molar-refractivity contribution in [3.05, 3.63) is 180 Å². The number of benzene rings is 7. The number of nitrogens with two attached hydrogens (primary N) is 1. The number of nitrogens with zero attached hydrogens (tertiary/aromatic N) is 2. The minimum Gasteiger partial charge on any atom is -0.487 e. The molecule has 0 radical (unpaired) electrons. The van der Waals surface area contributed by atoms with Crippen LogP contribution in [0.1, 0.15) is 16.7 Å². The van der Waals surface area contributed by atoms with Crippen LogP contribution in [0.25, 0.3) is 55.6 Å². The molecule has 0 amide bonds. The molecular weight excluding hydrogens is 599 g/mol. The lowest BCUT2D eigenvalue weighted by Gasteiger charge is -2.17. The van der Waals surface area contributed by atoms with E-state index in [4.69, 9.17) is 15.7 Å². The van der Waals surface area contributed by atoms with Crippen LogP contribution < -0.4 is 10.5 Å². The van der Waals surface area contributed by atoms with Crippen molar-refractivity contribution < 1.29 is 4.74 Å². The van der Waals surface area contributed by atoms with Gasteiger partial charge < -0.3 is 10.5 Å². The maximum absolute atomic E-state index is 9.17. The van der Waals surface area contributed by atoms with Crippen molar-refractivity contribution in [1.29, 1.82) is 10.5 Å². The minimum absolute atomic E-state index is 0.372. The maximum Gasteiger partial charge on any atom is 0.143 e. The zero-order chi connectivity index (χ0) is 33.6. The van der Waals surface area contributed by atoms with E-state index in [0.29, 0.717) is 29.2 Å². The Morgan fingerprint density at radius 3 is 1.29 bits per heavy atom. The van der Waals surface area contributed by atoms with E-state index in [0.717, 1.165) is 55.6 Å². The fourth-order valence-corrected chi connectivity index (χ4v) is 5.91. The molecule has 7 aromatic carbocycles. The number of anilines is 1. The Morgan fingerprint density at radius 1 is 0.429 bits per heavy atom. The molecule has 7 rings (SSSR count). The van der Waals surface area contributed by atoms with Crippen LogP contribution in [0.4, 0.5) is 5.69 Å². The highest BCUT2D eigenvalue weighted by atomic mass is 16.5. The highest BCUT2D eigenvalue weighted by molar-refractivity contribution is 5.87. The van der Waals surface area contributed by atoms with Crippen LogP contribution >= 0.6 is 0 Å². The first kappa shape index (κ1) is 30.8. The zero-order valence-electron chi connectivity index (χ0n) is 26.7. The van der Waals surface area contributed by atoms with Crippen LogP contribution in [-0.4, -0.2) is 0 Å². The monoisotopic (exact) mass is 629 g/mol. The van der Waals surface area contributed by atoms with Crippen LogP contribution in [0.15, 0.2) is 164 Å². The van der Waals surface area contributed by atoms with Crippen LogP contribution in [0.5, 0.6) is 5.75 Å². The predicted octanol–water partition coefficient (Wildman–Crippen LogP) is 10.9. The van der Waals surface area contributed by atoms with Crippen LogP contribution in [-0.2, 0) is 6.61 Å². The standard InChI is InChI=1S/C45H31N3O/c46-28-31-6-12-36(13-7-31)38-18-20-40(21-19-38)42-26-43(41-24-22-39(23-25-41)37-14-8-32(29-47)9-15-37)45(48)44(27-42)49-30-33-10-16-35(17-11-33)34-4-2-1-3-5-34/h1-27H,30,48H2. The van der Waals surface area contributed by atoms with Crippen LogP contribution in [0.2, 0.25) is 0 Å². The van der Waals surface area contributed by atoms with E-state index < -0.39 is 0 Å². The number of rotatable bonds is 8. The summed E-state index contributed by atoms with van der Waals surface area (Å²) < 4.78 is 6.44. The molecule has 2 N–H and O–H groups in total. The zero-order valence-corrected chi connectivity index (χ0v) is 26.7. The maximum atomic E-state index is 9.17. The lowest BCUT2D eigenvalue weighted by molar-refractivity contribution is 0.308. The second kappa shape index (κ2) is 13.9. The fraction of sp³-hybridized carbons (Fsp3) is 0.0222. The van der Waals surface area contributed by atoms with Gasteiger partial charge in [-0.1, -0.05) is 127 Å². The molecule has 0 aliphatic heterocycles. The Kier molecular flexibility index (Phi) is 8.70. The fourth-order valence-electron chi connectivity index (χ4n) is 5.91. The predicted molar refractivity (Wildman–Crippen MR) is 198 cm³/mol. The molecule has 0 aromatic heterocycles. The lowest BCUT2D eigenvalue weighted by atomic mass is 9.94. The third-order valence-corrected chi connectivity index (χ3v) is 8.71. The quantitative estimate of drug-likeness (QED) is 0.170. The van der Waals surface area contributed by atoms with E-state index in [1.165, 1.54) is 5.56 Å². The van der Waals surface area contributed by atoms with Crippen molar-refractivity contribution in [3.8, 4) is 73.5 Å². The average Bonchev–Trinajstić information content (AvgIpc) is 3.18. The van der Waals surface area contributed by atoms with E-state index in [1.54, 1.807) is 0 Å². The Morgan fingerprint density at radius 2 is 0.816 bits per heavy atom. The first-order valence-corrected chi connectivity index (χ1v) is 16.0. The highest BCUT2D eigenvalue weighted by Crippen LogP contribution is 2.40. The smallest absolute Gasteiger partial charge is 0.143 e. The number of nitrogen functional groups attached to an aromatic ring is 1. The van der Waals surface area contributed by atoms with E-state index in [-0.39, 0.29) is 0 Å². The van der Waals surface area contributed by atoms with Gasteiger partial charge in [0.15, 0.2) is 0 Å². The first-order chi connectivity index (χ1) is 24.1. The normalized spacial score (nSPS) is 10.6. The molecule has 0 unspecified atom stereocenters. The molecule has 4 heteroatoms. The molecule has 0 bridgehead atoms. The summed E-state index contributed by atoms with van der Waals surface area (Å²) in [5.41, 5.74) is 20.2. The third kappa shape index (κ3) is 6.81. The molecule has 0 saturated carbocycles. The van der Waals surface area contributed by atoms with E-state index >= 15 is 0 Å². The molecule has 0 aliphatic rings. The van der Waals surface area contributed by atoms with E-state index in [2.05, 4.69) is 103 Å². The van der Waals surface area contributed by atoms with Gasteiger partial charge in [0.05, 0.1) is 29.0 Å². The summed E-state index contributed by atoms with van der Waals surface area (Å²) in [4.78, 5) is 0. The Bertz CT molecular complexity index is 2300. The van der Waals surface area contributed by atoms with Crippen molar-refractivity contribution in [1.82, 2.24) is 0 Å². The molecule has 0 spiro atoms. The molecule has 0 fully saturated rings. The largest absolute Gasteiger partial charge is 0.487 e. The summed E-state index contributed by atoms with van der Waals surface area (Å²) in [5.74, 6) is 0.618. The third-order valence-electron chi connectivity index (χ3n) is 8.71. The van der Waals surface area contributed by atoms with Gasteiger partial charge in [0.25, 0.3) is 0 Å². The summed E-state index contributed by atoms with van der Waals surface area (Å²) >= 11 is 0. The molecule has 7 aromatic rings. The number of hydrogen-bond donors (Lipinski definition) is 1. The van der Waals surface area contributed by atoms with Gasteiger partial charge in [-0.15, -0.1) is 0 Å². The van der Waals surface area contributed by atoms with Gasteiger partial charge in [0.2, 0.25) is 0 Å².